The number of rotatable bonds is 4. The molecule has 1 aliphatic rings. The molecule has 1 atom stereocenters. The number of anilines is 1. The second-order valence-electron chi connectivity index (χ2n) is 6.03. The van der Waals surface area contributed by atoms with E-state index >= 15 is 0 Å². The van der Waals surface area contributed by atoms with E-state index in [9.17, 15) is 18.3 Å². The van der Waals surface area contributed by atoms with Gasteiger partial charge in [0.05, 0.1) is 6.54 Å². The summed E-state index contributed by atoms with van der Waals surface area (Å²) in [5.74, 6) is 0.363. The van der Waals surface area contributed by atoms with E-state index in [1.807, 2.05) is 35.2 Å². The van der Waals surface area contributed by atoms with Gasteiger partial charge in [-0.2, -0.15) is 13.2 Å². The molecule has 1 saturated heterocycles. The maximum atomic E-state index is 12.3. The second-order valence-corrected chi connectivity index (χ2v) is 6.03. The lowest BCUT2D eigenvalue weighted by atomic mass is 9.93. The van der Waals surface area contributed by atoms with Gasteiger partial charge in [0.25, 0.3) is 0 Å². The van der Waals surface area contributed by atoms with Gasteiger partial charge in [0.15, 0.2) is 0 Å². The Labute approximate surface area is 138 Å². The van der Waals surface area contributed by atoms with E-state index < -0.39 is 18.2 Å². The normalized spacial score (nSPS) is 21.2. The molecule has 1 N–H and O–H groups in total. The molecule has 1 aromatic heterocycles. The van der Waals surface area contributed by atoms with E-state index in [1.165, 1.54) is 12.3 Å². The van der Waals surface area contributed by atoms with Gasteiger partial charge in [-0.05, 0) is 24.5 Å². The van der Waals surface area contributed by atoms with Gasteiger partial charge in [-0.25, -0.2) is 9.97 Å². The van der Waals surface area contributed by atoms with Crippen LogP contribution in [0.15, 0.2) is 42.6 Å². The van der Waals surface area contributed by atoms with E-state index in [2.05, 4.69) is 9.97 Å². The number of hydrogen-bond acceptors (Lipinski definition) is 4. The fourth-order valence-corrected chi connectivity index (χ4v) is 2.89. The number of aliphatic hydroxyl groups is 1. The Morgan fingerprint density at radius 2 is 1.92 bits per heavy atom. The summed E-state index contributed by atoms with van der Waals surface area (Å²) >= 11 is 0. The third kappa shape index (κ3) is 3.84. The molecular weight excluding hydrogens is 319 g/mol. The van der Waals surface area contributed by atoms with Gasteiger partial charge in [-0.1, -0.05) is 30.3 Å². The first-order valence-corrected chi connectivity index (χ1v) is 7.77. The van der Waals surface area contributed by atoms with Gasteiger partial charge in [-0.15, -0.1) is 0 Å². The molecule has 0 radical (unpaired) electrons. The number of aromatic nitrogens is 2. The van der Waals surface area contributed by atoms with Crippen LogP contribution in [0.3, 0.4) is 0 Å². The molecule has 4 nitrogen and oxygen atoms in total. The van der Waals surface area contributed by atoms with Crippen LogP contribution in [0, 0.1) is 0 Å². The quantitative estimate of drug-likeness (QED) is 0.932. The molecule has 1 aliphatic heterocycles. The minimum absolute atomic E-state index is 0.171. The zero-order chi connectivity index (χ0) is 17.2. The monoisotopic (exact) mass is 337 g/mol. The first kappa shape index (κ1) is 16.7. The van der Waals surface area contributed by atoms with Gasteiger partial charge < -0.3 is 10.0 Å². The fourth-order valence-electron chi connectivity index (χ4n) is 2.89. The van der Waals surface area contributed by atoms with Crippen molar-refractivity contribution in [2.24, 2.45) is 0 Å². The summed E-state index contributed by atoms with van der Waals surface area (Å²) in [4.78, 5) is 10.2. The molecule has 0 saturated carbocycles. The number of nitrogens with zero attached hydrogens (tertiary/aromatic N) is 3. The Balaban J connectivity index is 1.72. The maximum absolute atomic E-state index is 12.3. The minimum Gasteiger partial charge on any atom is -0.383 e. The SMILES string of the molecule is O[C@]1(c2ccccc2)CCN(c2nccc(CCC(F)(F)F)n2)C1. The average Bonchev–Trinajstić information content (AvgIpc) is 2.97. The summed E-state index contributed by atoms with van der Waals surface area (Å²) in [6.45, 7) is 0.869. The van der Waals surface area contributed by atoms with Gasteiger partial charge in [-0.3, -0.25) is 0 Å². The zero-order valence-corrected chi connectivity index (χ0v) is 13.0. The first-order chi connectivity index (χ1) is 11.4. The highest BCUT2D eigenvalue weighted by Crippen LogP contribution is 2.33. The predicted octanol–water partition coefficient (Wildman–Crippen LogP) is 3.07. The Bertz CT molecular complexity index is 693. The average molecular weight is 337 g/mol. The van der Waals surface area contributed by atoms with Crippen LogP contribution in [-0.4, -0.2) is 34.3 Å². The molecule has 1 fully saturated rings. The van der Waals surface area contributed by atoms with Crippen molar-refractivity contribution in [1.29, 1.82) is 0 Å². The fraction of sp³-hybridized carbons (Fsp3) is 0.412. The molecule has 2 aromatic rings. The van der Waals surface area contributed by atoms with E-state index in [-0.39, 0.29) is 6.42 Å². The molecule has 0 aliphatic carbocycles. The van der Waals surface area contributed by atoms with Crippen molar-refractivity contribution >= 4 is 5.95 Å². The number of alkyl halides is 3. The third-order valence-corrected chi connectivity index (χ3v) is 4.21. The molecule has 3 rings (SSSR count). The van der Waals surface area contributed by atoms with Crippen LogP contribution in [0.2, 0.25) is 0 Å². The number of hydrogen-bond donors (Lipinski definition) is 1. The maximum Gasteiger partial charge on any atom is 0.389 e. The van der Waals surface area contributed by atoms with Gasteiger partial charge in [0.1, 0.15) is 5.60 Å². The van der Waals surface area contributed by atoms with Crippen molar-refractivity contribution < 1.29 is 18.3 Å². The van der Waals surface area contributed by atoms with Crippen LogP contribution in [0.25, 0.3) is 0 Å². The van der Waals surface area contributed by atoms with Crippen molar-refractivity contribution in [1.82, 2.24) is 9.97 Å². The predicted molar refractivity (Wildman–Crippen MR) is 83.6 cm³/mol. The molecule has 2 heterocycles. The number of aryl methyl sites for hydroxylation is 1. The van der Waals surface area contributed by atoms with E-state index in [1.54, 1.807) is 0 Å². The van der Waals surface area contributed by atoms with Crippen molar-refractivity contribution in [2.75, 3.05) is 18.0 Å². The van der Waals surface area contributed by atoms with E-state index in [0.717, 1.165) is 5.56 Å². The lowest BCUT2D eigenvalue weighted by Crippen LogP contribution is -2.31. The summed E-state index contributed by atoms with van der Waals surface area (Å²) in [5, 5.41) is 10.8. The summed E-state index contributed by atoms with van der Waals surface area (Å²) in [5.41, 5.74) is 0.181. The molecule has 0 bridgehead atoms. The Morgan fingerprint density at radius 1 is 1.17 bits per heavy atom. The van der Waals surface area contributed by atoms with Crippen LogP contribution in [-0.2, 0) is 12.0 Å². The van der Waals surface area contributed by atoms with Gasteiger partial charge in [0.2, 0.25) is 5.95 Å². The summed E-state index contributed by atoms with van der Waals surface area (Å²) < 4.78 is 37.0. The van der Waals surface area contributed by atoms with Gasteiger partial charge >= 0.3 is 6.18 Å². The van der Waals surface area contributed by atoms with Gasteiger partial charge in [0, 0.05) is 24.9 Å². The smallest absolute Gasteiger partial charge is 0.383 e. The zero-order valence-electron chi connectivity index (χ0n) is 13.0. The van der Waals surface area contributed by atoms with Crippen molar-refractivity contribution in [3.8, 4) is 0 Å². The summed E-state index contributed by atoms with van der Waals surface area (Å²) in [7, 11) is 0. The Hall–Kier alpha value is -2.15. The van der Waals surface area contributed by atoms with Crippen LogP contribution in [0.5, 0.6) is 0 Å². The van der Waals surface area contributed by atoms with E-state index in [0.29, 0.717) is 31.2 Å². The molecule has 1 aromatic carbocycles. The molecule has 7 heteroatoms. The van der Waals surface area contributed by atoms with Crippen LogP contribution in [0.4, 0.5) is 19.1 Å². The highest BCUT2D eigenvalue weighted by Gasteiger charge is 2.38. The summed E-state index contributed by atoms with van der Waals surface area (Å²) in [6, 6.07) is 10.8. The number of β-amino-alcohol motifs (C(OH)–C–C–N with tert-alkyl or cyclic N) is 1. The van der Waals surface area contributed by atoms with Crippen molar-refractivity contribution in [3.05, 3.63) is 53.9 Å². The van der Waals surface area contributed by atoms with Crippen LogP contribution < -0.4 is 4.90 Å². The molecule has 0 spiro atoms. The Kier molecular flexibility index (Phi) is 4.45. The highest BCUT2D eigenvalue weighted by atomic mass is 19.4. The number of halogens is 3. The first-order valence-electron chi connectivity index (χ1n) is 7.77. The lowest BCUT2D eigenvalue weighted by molar-refractivity contribution is -0.134. The highest BCUT2D eigenvalue weighted by molar-refractivity contribution is 5.37. The van der Waals surface area contributed by atoms with E-state index in [4.69, 9.17) is 0 Å². The van der Waals surface area contributed by atoms with Crippen LogP contribution >= 0.6 is 0 Å². The van der Waals surface area contributed by atoms with Crippen molar-refractivity contribution in [2.45, 2.75) is 31.0 Å². The molecule has 0 unspecified atom stereocenters. The molecule has 24 heavy (non-hydrogen) atoms. The standard InChI is InChI=1S/C17H18F3N3O/c18-17(19,20)8-6-14-7-10-21-15(22-14)23-11-9-16(24,12-23)13-4-2-1-3-5-13/h1-5,7,10,24H,6,8-9,11-12H2/t16-/m1/s1. The van der Waals surface area contributed by atoms with Crippen LogP contribution in [0.1, 0.15) is 24.1 Å². The Morgan fingerprint density at radius 3 is 2.62 bits per heavy atom. The number of benzene rings is 1. The molecule has 0 amide bonds. The second kappa shape index (κ2) is 6.39. The minimum atomic E-state index is -4.20. The molecule has 128 valence electrons. The third-order valence-electron chi connectivity index (χ3n) is 4.21. The largest absolute Gasteiger partial charge is 0.389 e. The lowest BCUT2D eigenvalue weighted by Gasteiger charge is -2.24. The topological polar surface area (TPSA) is 49.2 Å². The summed E-state index contributed by atoms with van der Waals surface area (Å²) in [6.07, 6.45) is -3.29. The van der Waals surface area contributed by atoms with Crippen molar-refractivity contribution in [3.63, 3.8) is 0 Å². The molecular formula is C17H18F3N3O.